The van der Waals surface area contributed by atoms with Gasteiger partial charge < -0.3 is 4.74 Å². The maximum atomic E-state index is 11.6. The first kappa shape index (κ1) is 10.1. The van der Waals surface area contributed by atoms with E-state index in [9.17, 15) is 9.59 Å². The van der Waals surface area contributed by atoms with E-state index < -0.39 is 22.8 Å². The molecule has 0 heterocycles. The molecule has 0 aliphatic heterocycles. The summed E-state index contributed by atoms with van der Waals surface area (Å²) in [7, 11) is 0. The highest BCUT2D eigenvalue weighted by Crippen LogP contribution is 2.51. The van der Waals surface area contributed by atoms with Gasteiger partial charge in [-0.05, 0) is 25.7 Å². The second kappa shape index (κ2) is 3.05. The minimum absolute atomic E-state index is 0.448. The topological polar surface area (TPSA) is 43.4 Å². The molecule has 2 saturated carbocycles. The van der Waals surface area contributed by atoms with Crippen LogP contribution in [0.5, 0.6) is 0 Å². The predicted molar refractivity (Wildman–Crippen MR) is 54.8 cm³/mol. The first-order valence-corrected chi connectivity index (χ1v) is 5.12. The fourth-order valence-corrected chi connectivity index (χ4v) is 1.54. The van der Waals surface area contributed by atoms with E-state index in [1.54, 1.807) is 12.2 Å². The van der Waals surface area contributed by atoms with E-state index in [-0.39, 0.29) is 0 Å². The molecule has 2 fully saturated rings. The van der Waals surface area contributed by atoms with Crippen molar-refractivity contribution in [2.75, 3.05) is 0 Å². The van der Waals surface area contributed by atoms with Crippen LogP contribution in [0.3, 0.4) is 0 Å². The van der Waals surface area contributed by atoms with Crippen LogP contribution in [0, 0.1) is 10.8 Å². The van der Waals surface area contributed by atoms with Gasteiger partial charge in [-0.25, -0.2) is 0 Å². The van der Waals surface area contributed by atoms with Crippen LogP contribution in [-0.2, 0) is 14.3 Å². The summed E-state index contributed by atoms with van der Waals surface area (Å²) in [6.07, 6.45) is 6.12. The lowest BCUT2D eigenvalue weighted by Gasteiger charge is -2.11. The van der Waals surface area contributed by atoms with Crippen LogP contribution < -0.4 is 0 Å². The minimum atomic E-state index is -0.576. The van der Waals surface area contributed by atoms with Gasteiger partial charge in [0.25, 0.3) is 0 Å². The smallest absolute Gasteiger partial charge is 0.323 e. The summed E-state index contributed by atoms with van der Waals surface area (Å²) in [6.45, 7) is 7.18. The molecule has 3 nitrogen and oxygen atoms in total. The molecule has 2 rings (SSSR count). The van der Waals surface area contributed by atoms with E-state index in [1.165, 1.54) is 0 Å². The molecular weight excluding hydrogens is 192 g/mol. The van der Waals surface area contributed by atoms with Crippen molar-refractivity contribution in [3.05, 3.63) is 25.3 Å². The Morgan fingerprint density at radius 3 is 1.47 bits per heavy atom. The third-order valence-electron chi connectivity index (χ3n) is 3.36. The molecule has 0 aromatic carbocycles. The Morgan fingerprint density at radius 1 is 0.933 bits per heavy atom. The van der Waals surface area contributed by atoms with Crippen molar-refractivity contribution in [2.45, 2.75) is 25.7 Å². The van der Waals surface area contributed by atoms with Crippen molar-refractivity contribution in [3.63, 3.8) is 0 Å². The number of carbonyl (C=O) groups excluding carboxylic acids is 2. The lowest BCUT2D eigenvalue weighted by Crippen LogP contribution is -2.25. The van der Waals surface area contributed by atoms with Gasteiger partial charge in [-0.2, -0.15) is 0 Å². The van der Waals surface area contributed by atoms with Crippen LogP contribution in [0.25, 0.3) is 0 Å². The SMILES string of the molecule is C=CC1(C(=O)OC(=O)C2(C=C)CC2)CC1. The maximum absolute atomic E-state index is 11.6. The molecule has 0 radical (unpaired) electrons. The van der Waals surface area contributed by atoms with E-state index in [0.717, 1.165) is 25.7 Å². The van der Waals surface area contributed by atoms with Gasteiger partial charge in [-0.1, -0.05) is 12.2 Å². The monoisotopic (exact) mass is 206 g/mol. The second-order valence-electron chi connectivity index (χ2n) is 4.40. The van der Waals surface area contributed by atoms with Crippen LogP contribution in [0.15, 0.2) is 25.3 Å². The molecule has 0 unspecified atom stereocenters. The van der Waals surface area contributed by atoms with Gasteiger partial charge in [0.15, 0.2) is 0 Å². The largest absolute Gasteiger partial charge is 0.392 e. The summed E-state index contributed by atoms with van der Waals surface area (Å²) in [5.74, 6) is -0.897. The Balaban J connectivity index is 1.98. The highest BCUT2D eigenvalue weighted by Gasteiger charge is 2.54. The van der Waals surface area contributed by atoms with Crippen LogP contribution in [-0.4, -0.2) is 11.9 Å². The minimum Gasteiger partial charge on any atom is -0.392 e. The average molecular weight is 206 g/mol. The van der Waals surface area contributed by atoms with Crippen molar-refractivity contribution < 1.29 is 14.3 Å². The summed E-state index contributed by atoms with van der Waals surface area (Å²) in [5, 5.41) is 0. The summed E-state index contributed by atoms with van der Waals surface area (Å²) < 4.78 is 4.87. The number of carbonyl (C=O) groups is 2. The van der Waals surface area contributed by atoms with Crippen molar-refractivity contribution >= 4 is 11.9 Å². The molecule has 0 amide bonds. The zero-order valence-corrected chi connectivity index (χ0v) is 8.62. The molecule has 0 atom stereocenters. The third-order valence-corrected chi connectivity index (χ3v) is 3.36. The molecule has 0 aromatic heterocycles. The summed E-state index contributed by atoms with van der Waals surface area (Å²) in [4.78, 5) is 23.2. The average Bonchev–Trinajstić information content (AvgIpc) is 3.13. The molecule has 15 heavy (non-hydrogen) atoms. The Bertz CT molecular complexity index is 312. The summed E-state index contributed by atoms with van der Waals surface area (Å²) >= 11 is 0. The van der Waals surface area contributed by atoms with Gasteiger partial charge in [0, 0.05) is 0 Å². The predicted octanol–water partition coefficient (Wildman–Crippen LogP) is 1.99. The molecule has 80 valence electrons. The Labute approximate surface area is 88.8 Å². The van der Waals surface area contributed by atoms with E-state index in [1.807, 2.05) is 0 Å². The lowest BCUT2D eigenvalue weighted by atomic mass is 10.1. The molecule has 0 N–H and O–H groups in total. The lowest BCUT2D eigenvalue weighted by molar-refractivity contribution is -0.165. The standard InChI is InChI=1S/C12H14O3/c1-3-11(5-6-11)9(13)15-10(14)12(4-2)7-8-12/h3-4H,1-2,5-8H2. The Morgan fingerprint density at radius 2 is 1.27 bits per heavy atom. The van der Waals surface area contributed by atoms with Gasteiger partial charge in [0.2, 0.25) is 0 Å². The number of ether oxygens (including phenoxy) is 1. The zero-order valence-electron chi connectivity index (χ0n) is 8.62. The molecule has 0 bridgehead atoms. The normalized spacial score (nSPS) is 23.7. The van der Waals surface area contributed by atoms with E-state index in [2.05, 4.69) is 13.2 Å². The fourth-order valence-electron chi connectivity index (χ4n) is 1.54. The number of hydrogen-bond acceptors (Lipinski definition) is 3. The second-order valence-corrected chi connectivity index (χ2v) is 4.40. The number of hydrogen-bond donors (Lipinski definition) is 0. The highest BCUT2D eigenvalue weighted by molar-refractivity contribution is 5.95. The molecule has 0 spiro atoms. The van der Waals surface area contributed by atoms with Crippen molar-refractivity contribution in [2.24, 2.45) is 10.8 Å². The number of esters is 2. The van der Waals surface area contributed by atoms with Gasteiger partial charge in [-0.3, -0.25) is 9.59 Å². The van der Waals surface area contributed by atoms with E-state index >= 15 is 0 Å². The molecule has 3 heteroatoms. The summed E-state index contributed by atoms with van der Waals surface area (Å²) in [6, 6.07) is 0. The molecule has 0 aromatic rings. The highest BCUT2D eigenvalue weighted by atomic mass is 16.6. The molecule has 2 aliphatic rings. The quantitative estimate of drug-likeness (QED) is 0.401. The van der Waals surface area contributed by atoms with Gasteiger partial charge in [0.1, 0.15) is 0 Å². The van der Waals surface area contributed by atoms with Crippen molar-refractivity contribution in [1.29, 1.82) is 0 Å². The zero-order chi connectivity index (χ0) is 11.1. The molecular formula is C12H14O3. The number of rotatable bonds is 4. The first-order valence-electron chi connectivity index (χ1n) is 5.12. The maximum Gasteiger partial charge on any atom is 0.323 e. The van der Waals surface area contributed by atoms with Crippen LogP contribution in [0.1, 0.15) is 25.7 Å². The van der Waals surface area contributed by atoms with Crippen LogP contribution in [0.2, 0.25) is 0 Å². The fraction of sp³-hybridized carbons (Fsp3) is 0.500. The van der Waals surface area contributed by atoms with Gasteiger partial charge >= 0.3 is 11.9 Å². The molecule has 0 saturated heterocycles. The van der Waals surface area contributed by atoms with Gasteiger partial charge in [0.05, 0.1) is 10.8 Å². The van der Waals surface area contributed by atoms with Crippen molar-refractivity contribution in [1.82, 2.24) is 0 Å². The Kier molecular flexibility index (Phi) is 2.07. The van der Waals surface area contributed by atoms with Crippen molar-refractivity contribution in [3.8, 4) is 0 Å². The Hall–Kier alpha value is -1.38. The third kappa shape index (κ3) is 1.52. The summed E-state index contributed by atoms with van der Waals surface area (Å²) in [5.41, 5.74) is -1.15. The first-order chi connectivity index (χ1) is 7.08. The van der Waals surface area contributed by atoms with Crippen LogP contribution in [0.4, 0.5) is 0 Å². The van der Waals surface area contributed by atoms with Gasteiger partial charge in [-0.15, -0.1) is 13.2 Å². The van der Waals surface area contributed by atoms with E-state index in [4.69, 9.17) is 4.74 Å². The van der Waals surface area contributed by atoms with Crippen LogP contribution >= 0.6 is 0 Å². The molecule has 2 aliphatic carbocycles. The van der Waals surface area contributed by atoms with E-state index in [0.29, 0.717) is 0 Å².